The SMILES string of the molecule is CC(C)CCOCCNCCOCCO. The molecule has 0 aromatic rings. The van der Waals surface area contributed by atoms with E-state index < -0.39 is 0 Å². The maximum Gasteiger partial charge on any atom is 0.0698 e. The van der Waals surface area contributed by atoms with Crippen LogP contribution in [0, 0.1) is 5.92 Å². The minimum atomic E-state index is 0.0955. The molecule has 0 spiro atoms. The Morgan fingerprint density at radius 3 is 2.13 bits per heavy atom. The van der Waals surface area contributed by atoms with Crippen LogP contribution in [0.1, 0.15) is 20.3 Å². The molecule has 92 valence electrons. The quantitative estimate of drug-likeness (QED) is 0.501. The molecule has 4 nitrogen and oxygen atoms in total. The molecule has 0 atom stereocenters. The van der Waals surface area contributed by atoms with Crippen molar-refractivity contribution in [1.82, 2.24) is 5.32 Å². The predicted molar refractivity (Wildman–Crippen MR) is 61.0 cm³/mol. The molecule has 0 saturated carbocycles. The van der Waals surface area contributed by atoms with E-state index in [4.69, 9.17) is 14.6 Å². The molecule has 0 aromatic carbocycles. The van der Waals surface area contributed by atoms with Crippen molar-refractivity contribution in [3.63, 3.8) is 0 Å². The summed E-state index contributed by atoms with van der Waals surface area (Å²) in [6.45, 7) is 8.83. The summed E-state index contributed by atoms with van der Waals surface area (Å²) in [6.07, 6.45) is 1.12. The van der Waals surface area contributed by atoms with Crippen molar-refractivity contribution in [3.8, 4) is 0 Å². The monoisotopic (exact) mass is 219 g/mol. The minimum Gasteiger partial charge on any atom is -0.394 e. The van der Waals surface area contributed by atoms with E-state index in [1.807, 2.05) is 0 Å². The molecule has 15 heavy (non-hydrogen) atoms. The van der Waals surface area contributed by atoms with Gasteiger partial charge in [-0.2, -0.15) is 0 Å². The van der Waals surface area contributed by atoms with Crippen molar-refractivity contribution < 1.29 is 14.6 Å². The lowest BCUT2D eigenvalue weighted by Gasteiger charge is -2.07. The summed E-state index contributed by atoms with van der Waals surface area (Å²) in [5, 5.41) is 11.6. The van der Waals surface area contributed by atoms with Crippen LogP contribution >= 0.6 is 0 Å². The van der Waals surface area contributed by atoms with Gasteiger partial charge in [-0.05, 0) is 12.3 Å². The van der Waals surface area contributed by atoms with E-state index in [2.05, 4.69) is 19.2 Å². The first kappa shape index (κ1) is 14.8. The molecule has 0 aliphatic rings. The highest BCUT2D eigenvalue weighted by Crippen LogP contribution is 1.97. The highest BCUT2D eigenvalue weighted by Gasteiger charge is 1.93. The molecular weight excluding hydrogens is 194 g/mol. The van der Waals surface area contributed by atoms with Gasteiger partial charge in [0.15, 0.2) is 0 Å². The van der Waals surface area contributed by atoms with Gasteiger partial charge in [-0.3, -0.25) is 0 Å². The molecule has 0 unspecified atom stereocenters. The summed E-state index contributed by atoms with van der Waals surface area (Å²) in [6, 6.07) is 0. The number of hydrogen-bond acceptors (Lipinski definition) is 4. The molecule has 2 N–H and O–H groups in total. The Bertz CT molecular complexity index is 120. The second-order valence-electron chi connectivity index (χ2n) is 3.88. The van der Waals surface area contributed by atoms with Crippen molar-refractivity contribution in [1.29, 1.82) is 0 Å². The van der Waals surface area contributed by atoms with E-state index in [-0.39, 0.29) is 6.61 Å². The zero-order chi connectivity index (χ0) is 11.4. The van der Waals surface area contributed by atoms with Gasteiger partial charge in [0, 0.05) is 19.7 Å². The van der Waals surface area contributed by atoms with Gasteiger partial charge in [-0.15, -0.1) is 0 Å². The van der Waals surface area contributed by atoms with Crippen molar-refractivity contribution in [2.24, 2.45) is 5.92 Å². The number of hydrogen-bond donors (Lipinski definition) is 2. The van der Waals surface area contributed by atoms with Gasteiger partial charge in [0.2, 0.25) is 0 Å². The molecule has 0 saturated heterocycles. The van der Waals surface area contributed by atoms with Gasteiger partial charge >= 0.3 is 0 Å². The highest BCUT2D eigenvalue weighted by molar-refractivity contribution is 4.46. The topological polar surface area (TPSA) is 50.7 Å². The van der Waals surface area contributed by atoms with Gasteiger partial charge in [0.05, 0.1) is 26.4 Å². The van der Waals surface area contributed by atoms with Crippen LogP contribution in [0.2, 0.25) is 0 Å². The van der Waals surface area contributed by atoms with Crippen molar-refractivity contribution in [2.75, 3.05) is 46.1 Å². The third-order valence-corrected chi connectivity index (χ3v) is 1.92. The van der Waals surface area contributed by atoms with Gasteiger partial charge in [-0.1, -0.05) is 13.8 Å². The third-order valence-electron chi connectivity index (χ3n) is 1.92. The Morgan fingerprint density at radius 2 is 1.60 bits per heavy atom. The van der Waals surface area contributed by atoms with Crippen LogP contribution in [0.3, 0.4) is 0 Å². The van der Waals surface area contributed by atoms with E-state index in [0.717, 1.165) is 32.7 Å². The predicted octanol–water partition coefficient (Wildman–Crippen LogP) is 0.648. The van der Waals surface area contributed by atoms with Crippen LogP contribution in [-0.4, -0.2) is 51.2 Å². The van der Waals surface area contributed by atoms with Crippen molar-refractivity contribution >= 4 is 0 Å². The Labute approximate surface area is 93.0 Å². The smallest absolute Gasteiger partial charge is 0.0698 e. The van der Waals surface area contributed by atoms with Crippen LogP contribution < -0.4 is 5.32 Å². The molecule has 4 heteroatoms. The summed E-state index contributed by atoms with van der Waals surface area (Å²) in [5.41, 5.74) is 0. The van der Waals surface area contributed by atoms with E-state index in [1.54, 1.807) is 0 Å². The lowest BCUT2D eigenvalue weighted by molar-refractivity contribution is 0.0901. The number of ether oxygens (including phenoxy) is 2. The van der Waals surface area contributed by atoms with Crippen molar-refractivity contribution in [2.45, 2.75) is 20.3 Å². The standard InChI is InChI=1S/C11H25NO3/c1-11(2)3-7-14-8-4-12-5-9-15-10-6-13/h11-13H,3-10H2,1-2H3. The average molecular weight is 219 g/mol. The molecule has 0 radical (unpaired) electrons. The van der Waals surface area contributed by atoms with Crippen molar-refractivity contribution in [3.05, 3.63) is 0 Å². The highest BCUT2D eigenvalue weighted by atomic mass is 16.5. The van der Waals surface area contributed by atoms with Gasteiger partial charge in [-0.25, -0.2) is 0 Å². The molecule has 0 fully saturated rings. The molecule has 0 amide bonds. The Hall–Kier alpha value is -0.160. The summed E-state index contributed by atoms with van der Waals surface area (Å²) < 4.78 is 10.5. The molecule has 0 bridgehead atoms. The first-order valence-corrected chi connectivity index (χ1v) is 5.74. The maximum absolute atomic E-state index is 8.45. The fourth-order valence-corrected chi connectivity index (χ4v) is 1.00. The molecule has 0 heterocycles. The summed E-state index contributed by atoms with van der Waals surface area (Å²) in [7, 11) is 0. The first-order valence-electron chi connectivity index (χ1n) is 5.74. The average Bonchev–Trinajstić information content (AvgIpc) is 2.20. The Kier molecular flexibility index (Phi) is 11.8. The summed E-state index contributed by atoms with van der Waals surface area (Å²) >= 11 is 0. The zero-order valence-corrected chi connectivity index (χ0v) is 10.00. The lowest BCUT2D eigenvalue weighted by atomic mass is 10.1. The maximum atomic E-state index is 8.45. The molecule has 0 aromatic heterocycles. The fraction of sp³-hybridized carbons (Fsp3) is 1.00. The minimum absolute atomic E-state index is 0.0955. The second-order valence-corrected chi connectivity index (χ2v) is 3.88. The van der Waals surface area contributed by atoms with E-state index in [9.17, 15) is 0 Å². The molecular formula is C11H25NO3. The summed E-state index contributed by atoms with van der Waals surface area (Å²) in [4.78, 5) is 0. The van der Waals surface area contributed by atoms with E-state index in [0.29, 0.717) is 19.1 Å². The largest absolute Gasteiger partial charge is 0.394 e. The molecule has 0 aliphatic heterocycles. The van der Waals surface area contributed by atoms with Crippen LogP contribution in [-0.2, 0) is 9.47 Å². The lowest BCUT2D eigenvalue weighted by Crippen LogP contribution is -2.24. The zero-order valence-electron chi connectivity index (χ0n) is 10.00. The molecule has 0 aliphatic carbocycles. The summed E-state index contributed by atoms with van der Waals surface area (Å²) in [5.74, 6) is 0.713. The van der Waals surface area contributed by atoms with Gasteiger partial charge in [0.25, 0.3) is 0 Å². The number of aliphatic hydroxyl groups excluding tert-OH is 1. The fourth-order valence-electron chi connectivity index (χ4n) is 1.00. The Balaban J connectivity index is 2.87. The first-order chi connectivity index (χ1) is 7.27. The molecule has 0 rings (SSSR count). The Morgan fingerprint density at radius 1 is 1.00 bits per heavy atom. The van der Waals surface area contributed by atoms with Crippen LogP contribution in [0.4, 0.5) is 0 Å². The second kappa shape index (κ2) is 11.9. The van der Waals surface area contributed by atoms with E-state index >= 15 is 0 Å². The number of rotatable bonds is 11. The van der Waals surface area contributed by atoms with Crippen LogP contribution in [0.25, 0.3) is 0 Å². The normalized spacial score (nSPS) is 11.2. The number of aliphatic hydroxyl groups is 1. The van der Waals surface area contributed by atoms with Gasteiger partial charge < -0.3 is 19.9 Å². The number of nitrogens with one attached hydrogen (secondary N) is 1. The van der Waals surface area contributed by atoms with Crippen LogP contribution in [0.15, 0.2) is 0 Å². The van der Waals surface area contributed by atoms with E-state index in [1.165, 1.54) is 0 Å². The third kappa shape index (κ3) is 13.8. The van der Waals surface area contributed by atoms with Crippen LogP contribution in [0.5, 0.6) is 0 Å². The van der Waals surface area contributed by atoms with Gasteiger partial charge in [0.1, 0.15) is 0 Å².